The molecule has 35 heavy (non-hydrogen) atoms. The summed E-state index contributed by atoms with van der Waals surface area (Å²) in [6, 6.07) is 18.9. The summed E-state index contributed by atoms with van der Waals surface area (Å²) in [5.41, 5.74) is 4.77. The molecule has 3 aromatic rings. The molecule has 0 aliphatic carbocycles. The third-order valence-corrected chi connectivity index (χ3v) is 5.03. The predicted molar refractivity (Wildman–Crippen MR) is 135 cm³/mol. The van der Waals surface area contributed by atoms with Gasteiger partial charge in [0.2, 0.25) is 0 Å². The summed E-state index contributed by atoms with van der Waals surface area (Å²) in [4.78, 5) is 36.2. The lowest BCUT2D eigenvalue weighted by molar-refractivity contribution is -0.136. The van der Waals surface area contributed by atoms with Crippen LogP contribution in [0.4, 0.5) is 5.69 Å². The largest absolute Gasteiger partial charge is 0.493 e. The summed E-state index contributed by atoms with van der Waals surface area (Å²) in [6.07, 6.45) is 4.27. The van der Waals surface area contributed by atoms with E-state index in [-0.39, 0.29) is 11.5 Å². The first-order valence-corrected chi connectivity index (χ1v) is 10.8. The Hall–Kier alpha value is -4.43. The molecule has 2 N–H and O–H groups in total. The molecule has 2 amide bonds. The van der Waals surface area contributed by atoms with Crippen LogP contribution in [-0.2, 0) is 14.4 Å². The van der Waals surface area contributed by atoms with Crippen LogP contribution in [-0.4, -0.2) is 31.1 Å². The first-order chi connectivity index (χ1) is 16.9. The Morgan fingerprint density at radius 1 is 0.914 bits per heavy atom. The van der Waals surface area contributed by atoms with Crippen LogP contribution in [0.15, 0.2) is 77.9 Å². The molecule has 0 bridgehead atoms. The van der Waals surface area contributed by atoms with Crippen LogP contribution < -0.4 is 20.2 Å². The minimum atomic E-state index is -0.958. The van der Waals surface area contributed by atoms with E-state index in [0.29, 0.717) is 16.3 Å². The molecular weight excluding hydrogens is 470 g/mol. The zero-order valence-electron chi connectivity index (χ0n) is 18.9. The van der Waals surface area contributed by atoms with Gasteiger partial charge in [-0.25, -0.2) is 10.2 Å². The molecule has 0 heterocycles. The number of methoxy groups -OCH3 is 1. The number of hydrogen-bond acceptors (Lipinski definition) is 6. The number of nitrogens with one attached hydrogen (secondary N) is 2. The van der Waals surface area contributed by atoms with Crippen molar-refractivity contribution in [3.8, 4) is 11.5 Å². The molecule has 0 fully saturated rings. The van der Waals surface area contributed by atoms with E-state index in [1.165, 1.54) is 25.5 Å². The van der Waals surface area contributed by atoms with Gasteiger partial charge in [0, 0.05) is 16.8 Å². The number of rotatable bonds is 7. The number of hydrogen-bond donors (Lipinski definition) is 2. The SMILES string of the molecule is COc1cc(C=NNC(=O)C(=O)Nc2ccc(C)c(Cl)c2)ccc1OC(=O)C=Cc1ccccc1. The topological polar surface area (TPSA) is 106 Å². The number of aryl methyl sites for hydroxylation is 1. The molecule has 0 unspecified atom stereocenters. The number of carbonyl (C=O) groups is 3. The average molecular weight is 492 g/mol. The molecule has 0 saturated carbocycles. The van der Waals surface area contributed by atoms with E-state index >= 15 is 0 Å². The molecule has 3 aromatic carbocycles. The van der Waals surface area contributed by atoms with E-state index in [0.717, 1.165) is 11.1 Å². The lowest BCUT2D eigenvalue weighted by Gasteiger charge is -2.08. The zero-order chi connectivity index (χ0) is 25.2. The number of amides is 2. The highest BCUT2D eigenvalue weighted by atomic mass is 35.5. The van der Waals surface area contributed by atoms with Crippen molar-refractivity contribution in [1.29, 1.82) is 0 Å². The average Bonchev–Trinajstić information content (AvgIpc) is 2.86. The molecule has 0 atom stereocenters. The molecule has 0 aliphatic heterocycles. The molecule has 0 saturated heterocycles. The van der Waals surface area contributed by atoms with Gasteiger partial charge >= 0.3 is 17.8 Å². The van der Waals surface area contributed by atoms with Crippen molar-refractivity contribution in [1.82, 2.24) is 5.43 Å². The van der Waals surface area contributed by atoms with Crippen molar-refractivity contribution in [3.63, 3.8) is 0 Å². The van der Waals surface area contributed by atoms with Crippen molar-refractivity contribution in [3.05, 3.63) is 94.5 Å². The van der Waals surface area contributed by atoms with Gasteiger partial charge in [0.05, 0.1) is 13.3 Å². The minimum absolute atomic E-state index is 0.215. The summed E-state index contributed by atoms with van der Waals surface area (Å²) in [5, 5.41) is 6.69. The standard InChI is InChI=1S/C26H22ClN3O5/c1-17-8-11-20(15-21(17)27)29-25(32)26(33)30-28-16-19-9-12-22(23(14-19)34-2)35-24(31)13-10-18-6-4-3-5-7-18/h3-16H,1-2H3,(H,29,32)(H,30,33). The number of halogens is 1. The molecule has 0 spiro atoms. The van der Waals surface area contributed by atoms with E-state index in [1.807, 2.05) is 37.3 Å². The Balaban J connectivity index is 1.57. The number of nitrogens with zero attached hydrogens (tertiary/aromatic N) is 1. The number of hydrazone groups is 1. The normalized spacial score (nSPS) is 10.8. The Morgan fingerprint density at radius 3 is 2.40 bits per heavy atom. The Labute approximate surface area is 207 Å². The van der Waals surface area contributed by atoms with Crippen LogP contribution in [0.2, 0.25) is 5.02 Å². The second kappa shape index (κ2) is 12.2. The molecule has 0 aromatic heterocycles. The number of benzene rings is 3. The number of esters is 1. The highest BCUT2D eigenvalue weighted by Gasteiger charge is 2.13. The van der Waals surface area contributed by atoms with Crippen LogP contribution in [0.3, 0.4) is 0 Å². The zero-order valence-corrected chi connectivity index (χ0v) is 19.7. The highest BCUT2D eigenvalue weighted by Crippen LogP contribution is 2.28. The van der Waals surface area contributed by atoms with E-state index in [9.17, 15) is 14.4 Å². The third-order valence-electron chi connectivity index (χ3n) is 4.63. The summed E-state index contributed by atoms with van der Waals surface area (Å²) in [7, 11) is 1.43. The maximum Gasteiger partial charge on any atom is 0.336 e. The first kappa shape index (κ1) is 25.2. The Morgan fingerprint density at radius 2 is 1.69 bits per heavy atom. The van der Waals surface area contributed by atoms with E-state index in [2.05, 4.69) is 15.8 Å². The summed E-state index contributed by atoms with van der Waals surface area (Å²) >= 11 is 6.02. The summed E-state index contributed by atoms with van der Waals surface area (Å²) in [6.45, 7) is 1.82. The van der Waals surface area contributed by atoms with Crippen LogP contribution in [0.5, 0.6) is 11.5 Å². The molecule has 0 radical (unpaired) electrons. The van der Waals surface area contributed by atoms with Crippen molar-refractivity contribution >= 4 is 47.4 Å². The van der Waals surface area contributed by atoms with Crippen molar-refractivity contribution < 1.29 is 23.9 Å². The van der Waals surface area contributed by atoms with E-state index < -0.39 is 17.8 Å². The predicted octanol–water partition coefficient (Wildman–Crippen LogP) is 4.36. The van der Waals surface area contributed by atoms with Gasteiger partial charge in [-0.05, 0) is 60.0 Å². The van der Waals surface area contributed by atoms with Crippen LogP contribution >= 0.6 is 11.6 Å². The second-order valence-electron chi connectivity index (χ2n) is 7.19. The van der Waals surface area contributed by atoms with Crippen molar-refractivity contribution in [2.75, 3.05) is 12.4 Å². The minimum Gasteiger partial charge on any atom is -0.493 e. The molecule has 178 valence electrons. The lowest BCUT2D eigenvalue weighted by atomic mass is 10.2. The van der Waals surface area contributed by atoms with Crippen LogP contribution in [0.25, 0.3) is 6.08 Å². The summed E-state index contributed by atoms with van der Waals surface area (Å²) in [5.74, 6) is -1.92. The van der Waals surface area contributed by atoms with Crippen LogP contribution in [0, 0.1) is 6.92 Å². The lowest BCUT2D eigenvalue weighted by Crippen LogP contribution is -2.32. The maximum atomic E-state index is 12.1. The fourth-order valence-electron chi connectivity index (χ4n) is 2.79. The number of carbonyl (C=O) groups excluding carboxylic acids is 3. The van der Waals surface area contributed by atoms with Gasteiger partial charge in [0.1, 0.15) is 0 Å². The van der Waals surface area contributed by atoms with Crippen molar-refractivity contribution in [2.45, 2.75) is 6.92 Å². The van der Waals surface area contributed by atoms with Gasteiger partial charge in [-0.3, -0.25) is 9.59 Å². The maximum absolute atomic E-state index is 12.1. The smallest absolute Gasteiger partial charge is 0.336 e. The second-order valence-corrected chi connectivity index (χ2v) is 7.60. The van der Waals surface area contributed by atoms with Gasteiger partial charge < -0.3 is 14.8 Å². The monoisotopic (exact) mass is 491 g/mol. The van der Waals surface area contributed by atoms with E-state index in [1.54, 1.807) is 36.4 Å². The molecule has 8 nitrogen and oxygen atoms in total. The number of anilines is 1. The highest BCUT2D eigenvalue weighted by molar-refractivity contribution is 6.39. The molecule has 9 heteroatoms. The van der Waals surface area contributed by atoms with Crippen LogP contribution in [0.1, 0.15) is 16.7 Å². The van der Waals surface area contributed by atoms with Gasteiger partial charge in [-0.2, -0.15) is 5.10 Å². The summed E-state index contributed by atoms with van der Waals surface area (Å²) < 4.78 is 10.6. The van der Waals surface area contributed by atoms with Gasteiger partial charge in [0.25, 0.3) is 0 Å². The van der Waals surface area contributed by atoms with Gasteiger partial charge in [-0.15, -0.1) is 0 Å². The van der Waals surface area contributed by atoms with E-state index in [4.69, 9.17) is 21.1 Å². The molecule has 3 rings (SSSR count). The quantitative estimate of drug-likeness (QED) is 0.127. The Kier molecular flexibility index (Phi) is 8.75. The van der Waals surface area contributed by atoms with Crippen molar-refractivity contribution in [2.24, 2.45) is 5.10 Å². The molecule has 0 aliphatic rings. The third kappa shape index (κ3) is 7.55. The number of ether oxygens (including phenoxy) is 2. The van der Waals surface area contributed by atoms with Gasteiger partial charge in [-0.1, -0.05) is 48.0 Å². The fraction of sp³-hybridized carbons (Fsp3) is 0.0769. The Bertz CT molecular complexity index is 1290. The first-order valence-electron chi connectivity index (χ1n) is 10.4. The fourth-order valence-corrected chi connectivity index (χ4v) is 2.97. The van der Waals surface area contributed by atoms with Gasteiger partial charge in [0.15, 0.2) is 11.5 Å². The molecular formula is C26H22ClN3O5.